The molecule has 0 aliphatic heterocycles. The van der Waals surface area contributed by atoms with Crippen molar-refractivity contribution in [3.8, 4) is 0 Å². The minimum Gasteiger partial charge on any atom is -0.310 e. The van der Waals surface area contributed by atoms with Gasteiger partial charge in [-0.3, -0.25) is 4.98 Å². The normalized spacial score (nSPS) is 13.1. The predicted octanol–water partition coefficient (Wildman–Crippen LogP) is 3.40. The Bertz CT molecular complexity index is 332. The van der Waals surface area contributed by atoms with Crippen LogP contribution in [0.1, 0.15) is 50.2 Å². The summed E-state index contributed by atoms with van der Waals surface area (Å²) in [4.78, 5) is 4.54. The third kappa shape index (κ3) is 3.60. The Morgan fingerprint density at radius 2 is 1.94 bits per heavy atom. The highest BCUT2D eigenvalue weighted by molar-refractivity contribution is 5.25. The zero-order chi connectivity index (χ0) is 12.1. The molecule has 1 rings (SSSR count). The van der Waals surface area contributed by atoms with Crippen LogP contribution in [0.2, 0.25) is 0 Å². The van der Waals surface area contributed by atoms with Crippen molar-refractivity contribution < 1.29 is 0 Å². The Morgan fingerprint density at radius 3 is 2.44 bits per heavy atom. The van der Waals surface area contributed by atoms with Crippen molar-refractivity contribution in [2.75, 3.05) is 6.54 Å². The molecule has 0 saturated heterocycles. The van der Waals surface area contributed by atoms with Crippen molar-refractivity contribution in [1.82, 2.24) is 10.3 Å². The first-order valence-corrected chi connectivity index (χ1v) is 6.22. The molecule has 0 radical (unpaired) electrons. The van der Waals surface area contributed by atoms with E-state index in [4.69, 9.17) is 0 Å². The minimum absolute atomic E-state index is 0.443. The van der Waals surface area contributed by atoms with Gasteiger partial charge in [-0.15, -0.1) is 0 Å². The highest BCUT2D eigenvalue weighted by atomic mass is 14.9. The summed E-state index contributed by atoms with van der Waals surface area (Å²) in [5.41, 5.74) is 3.61. The van der Waals surface area contributed by atoms with Crippen LogP contribution in [0.25, 0.3) is 0 Å². The van der Waals surface area contributed by atoms with Crippen LogP contribution in [0.15, 0.2) is 12.1 Å². The van der Waals surface area contributed by atoms with Gasteiger partial charge in [0, 0.05) is 17.4 Å². The zero-order valence-electron chi connectivity index (χ0n) is 11.2. The van der Waals surface area contributed by atoms with Gasteiger partial charge < -0.3 is 5.32 Å². The molecule has 90 valence electrons. The van der Waals surface area contributed by atoms with E-state index in [1.165, 1.54) is 12.0 Å². The maximum absolute atomic E-state index is 4.54. The monoisotopic (exact) mass is 220 g/mol. The van der Waals surface area contributed by atoms with Crippen molar-refractivity contribution in [3.63, 3.8) is 0 Å². The summed E-state index contributed by atoms with van der Waals surface area (Å²) < 4.78 is 0. The molecule has 0 aromatic carbocycles. The molecule has 0 saturated carbocycles. The van der Waals surface area contributed by atoms with E-state index in [1.54, 1.807) is 0 Å². The van der Waals surface area contributed by atoms with Gasteiger partial charge in [0.25, 0.3) is 0 Å². The summed E-state index contributed by atoms with van der Waals surface area (Å²) in [6, 6.07) is 4.76. The summed E-state index contributed by atoms with van der Waals surface area (Å²) in [6.07, 6.45) is 1.17. The summed E-state index contributed by atoms with van der Waals surface area (Å²) >= 11 is 0. The molecule has 1 aromatic heterocycles. The average Bonchev–Trinajstić information content (AvgIpc) is 2.16. The number of nitrogens with one attached hydrogen (secondary N) is 1. The van der Waals surface area contributed by atoms with Crippen LogP contribution in [0.3, 0.4) is 0 Å². The molecule has 0 spiro atoms. The van der Waals surface area contributed by atoms with Crippen LogP contribution in [0, 0.1) is 19.8 Å². The number of aryl methyl sites for hydroxylation is 2. The molecule has 16 heavy (non-hydrogen) atoms. The Balaban J connectivity index is 2.91. The fraction of sp³-hybridized carbons (Fsp3) is 0.643. The second kappa shape index (κ2) is 6.00. The average molecular weight is 220 g/mol. The van der Waals surface area contributed by atoms with Gasteiger partial charge in [0.1, 0.15) is 0 Å². The van der Waals surface area contributed by atoms with Crippen LogP contribution in [0.5, 0.6) is 0 Å². The second-order valence-corrected chi connectivity index (χ2v) is 4.87. The molecule has 0 bridgehead atoms. The molecule has 1 atom stereocenters. The Kier molecular flexibility index (Phi) is 4.94. The standard InChI is InChI=1S/C14H24N2/c1-6-15-14(9-10(2)3)13-8-7-11(4)16-12(13)5/h7-8,10,14-15H,6,9H2,1-5H3. The number of rotatable bonds is 5. The summed E-state index contributed by atoms with van der Waals surface area (Å²) in [7, 11) is 0. The fourth-order valence-corrected chi connectivity index (χ4v) is 2.10. The second-order valence-electron chi connectivity index (χ2n) is 4.87. The first kappa shape index (κ1) is 13.2. The van der Waals surface area contributed by atoms with Crippen molar-refractivity contribution in [2.24, 2.45) is 5.92 Å². The first-order chi connectivity index (χ1) is 7.54. The van der Waals surface area contributed by atoms with Crippen LogP contribution in [-0.4, -0.2) is 11.5 Å². The molecular formula is C14H24N2. The van der Waals surface area contributed by atoms with Gasteiger partial charge in [0.15, 0.2) is 0 Å². The topological polar surface area (TPSA) is 24.9 Å². The highest BCUT2D eigenvalue weighted by Crippen LogP contribution is 2.23. The smallest absolute Gasteiger partial charge is 0.0423 e. The number of aromatic nitrogens is 1. The van der Waals surface area contributed by atoms with E-state index in [2.05, 4.69) is 50.1 Å². The third-order valence-electron chi connectivity index (χ3n) is 2.80. The Morgan fingerprint density at radius 1 is 1.25 bits per heavy atom. The van der Waals surface area contributed by atoms with Crippen molar-refractivity contribution in [1.29, 1.82) is 0 Å². The molecule has 0 aliphatic carbocycles. The van der Waals surface area contributed by atoms with Gasteiger partial charge >= 0.3 is 0 Å². The lowest BCUT2D eigenvalue weighted by Gasteiger charge is -2.21. The summed E-state index contributed by atoms with van der Waals surface area (Å²) in [6.45, 7) is 11.8. The first-order valence-electron chi connectivity index (χ1n) is 6.22. The van der Waals surface area contributed by atoms with Gasteiger partial charge in [-0.2, -0.15) is 0 Å². The largest absolute Gasteiger partial charge is 0.310 e. The molecular weight excluding hydrogens is 196 g/mol. The van der Waals surface area contributed by atoms with Crippen molar-refractivity contribution in [2.45, 2.75) is 47.1 Å². The number of pyridine rings is 1. The van der Waals surface area contributed by atoms with Gasteiger partial charge in [-0.1, -0.05) is 26.8 Å². The summed E-state index contributed by atoms with van der Waals surface area (Å²) in [5, 5.41) is 3.55. The van der Waals surface area contributed by atoms with E-state index in [1.807, 2.05) is 6.92 Å². The molecule has 0 amide bonds. The van der Waals surface area contributed by atoms with E-state index in [0.717, 1.165) is 17.9 Å². The van der Waals surface area contributed by atoms with Gasteiger partial charge in [0.05, 0.1) is 0 Å². The lowest BCUT2D eigenvalue weighted by Crippen LogP contribution is -2.23. The van der Waals surface area contributed by atoms with E-state index >= 15 is 0 Å². The van der Waals surface area contributed by atoms with Crippen LogP contribution in [-0.2, 0) is 0 Å². The molecule has 1 aromatic rings. The van der Waals surface area contributed by atoms with Crippen molar-refractivity contribution >= 4 is 0 Å². The SMILES string of the molecule is CCNC(CC(C)C)c1ccc(C)nc1C. The van der Waals surface area contributed by atoms with E-state index in [9.17, 15) is 0 Å². The molecule has 2 nitrogen and oxygen atoms in total. The van der Waals surface area contributed by atoms with E-state index in [-0.39, 0.29) is 0 Å². The minimum atomic E-state index is 0.443. The van der Waals surface area contributed by atoms with Crippen LogP contribution >= 0.6 is 0 Å². The van der Waals surface area contributed by atoms with Crippen LogP contribution in [0.4, 0.5) is 0 Å². The van der Waals surface area contributed by atoms with E-state index < -0.39 is 0 Å². The Hall–Kier alpha value is -0.890. The van der Waals surface area contributed by atoms with Crippen LogP contribution < -0.4 is 5.32 Å². The quantitative estimate of drug-likeness (QED) is 0.822. The zero-order valence-corrected chi connectivity index (χ0v) is 11.2. The molecule has 1 heterocycles. The predicted molar refractivity (Wildman–Crippen MR) is 69.6 cm³/mol. The lowest BCUT2D eigenvalue weighted by atomic mass is 9.96. The fourth-order valence-electron chi connectivity index (χ4n) is 2.10. The number of hydrogen-bond donors (Lipinski definition) is 1. The Labute approximate surface area is 99.5 Å². The molecule has 1 unspecified atom stereocenters. The third-order valence-corrected chi connectivity index (χ3v) is 2.80. The summed E-state index contributed by atoms with van der Waals surface area (Å²) in [5.74, 6) is 0.699. The van der Waals surface area contributed by atoms with Gasteiger partial charge in [0.2, 0.25) is 0 Å². The molecule has 2 heteroatoms. The lowest BCUT2D eigenvalue weighted by molar-refractivity contribution is 0.436. The molecule has 1 N–H and O–H groups in total. The van der Waals surface area contributed by atoms with E-state index in [0.29, 0.717) is 12.0 Å². The van der Waals surface area contributed by atoms with Crippen molar-refractivity contribution in [3.05, 3.63) is 29.1 Å². The maximum atomic E-state index is 4.54. The molecule has 0 fully saturated rings. The van der Waals surface area contributed by atoms with Gasteiger partial charge in [-0.25, -0.2) is 0 Å². The number of nitrogens with zero attached hydrogens (tertiary/aromatic N) is 1. The molecule has 0 aliphatic rings. The maximum Gasteiger partial charge on any atom is 0.0423 e. The number of hydrogen-bond acceptors (Lipinski definition) is 2. The van der Waals surface area contributed by atoms with Gasteiger partial charge in [-0.05, 0) is 44.4 Å². The highest BCUT2D eigenvalue weighted by Gasteiger charge is 2.14.